The van der Waals surface area contributed by atoms with E-state index in [-0.39, 0.29) is 31.0 Å². The predicted octanol–water partition coefficient (Wildman–Crippen LogP) is 5.83. The maximum atomic E-state index is 14.0. The first kappa shape index (κ1) is 29.2. The third-order valence-corrected chi connectivity index (χ3v) is 7.95. The summed E-state index contributed by atoms with van der Waals surface area (Å²) in [4.78, 5) is 17.5. The molecule has 222 valence electrons. The van der Waals surface area contributed by atoms with E-state index in [1.165, 1.54) is 12.4 Å². The van der Waals surface area contributed by atoms with Gasteiger partial charge in [-0.1, -0.05) is 6.92 Å². The maximum Gasteiger partial charge on any atom is 0.419 e. The molecule has 7 nitrogen and oxygen atoms in total. The zero-order valence-corrected chi connectivity index (χ0v) is 23.0. The number of aromatic nitrogens is 4. The van der Waals surface area contributed by atoms with Crippen molar-refractivity contribution in [3.05, 3.63) is 53.5 Å². The summed E-state index contributed by atoms with van der Waals surface area (Å²) in [5.41, 5.74) is 0.118. The Hall–Kier alpha value is -3.35. The molecule has 5 rings (SSSR count). The van der Waals surface area contributed by atoms with Crippen molar-refractivity contribution >= 4 is 11.6 Å². The Morgan fingerprint density at radius 3 is 2.46 bits per heavy atom. The van der Waals surface area contributed by atoms with E-state index in [4.69, 9.17) is 4.98 Å². The van der Waals surface area contributed by atoms with Gasteiger partial charge in [0.2, 0.25) is 0 Å². The quantitative estimate of drug-likeness (QED) is 0.338. The van der Waals surface area contributed by atoms with Gasteiger partial charge in [-0.25, -0.2) is 28.1 Å². The molecule has 3 aromatic rings. The Kier molecular flexibility index (Phi) is 8.18. The van der Waals surface area contributed by atoms with E-state index in [0.717, 1.165) is 48.6 Å². The van der Waals surface area contributed by atoms with Gasteiger partial charge in [-0.05, 0) is 37.5 Å². The zero-order chi connectivity index (χ0) is 29.4. The Morgan fingerprint density at radius 1 is 1.07 bits per heavy atom. The molecule has 0 aliphatic carbocycles. The lowest BCUT2D eigenvalue weighted by molar-refractivity contribution is -0.139. The molecule has 41 heavy (non-hydrogen) atoms. The molecule has 2 aromatic heterocycles. The summed E-state index contributed by atoms with van der Waals surface area (Å²) >= 11 is 0. The predicted molar refractivity (Wildman–Crippen MR) is 144 cm³/mol. The number of piperidine rings is 1. The summed E-state index contributed by atoms with van der Waals surface area (Å²) in [6.07, 6.45) is 0.349. The molecule has 0 bridgehead atoms. The molecule has 0 spiro atoms. The number of rotatable bonds is 8. The van der Waals surface area contributed by atoms with Crippen LogP contribution in [0, 0.1) is 5.82 Å². The first-order valence-electron chi connectivity index (χ1n) is 13.8. The van der Waals surface area contributed by atoms with Gasteiger partial charge in [0.1, 0.15) is 29.6 Å². The highest BCUT2D eigenvalue weighted by molar-refractivity contribution is 5.61. The molecule has 0 amide bonds. The van der Waals surface area contributed by atoms with E-state index < -0.39 is 23.5 Å². The fourth-order valence-electron chi connectivity index (χ4n) is 5.79. The van der Waals surface area contributed by atoms with Crippen LogP contribution >= 0.6 is 0 Å². The molecule has 2 saturated heterocycles. The third-order valence-electron chi connectivity index (χ3n) is 7.95. The molecule has 0 atom stereocenters. The van der Waals surface area contributed by atoms with Crippen LogP contribution in [0.15, 0.2) is 30.7 Å². The van der Waals surface area contributed by atoms with Crippen LogP contribution in [0.5, 0.6) is 0 Å². The topological polar surface area (TPSA) is 62.1 Å². The molecule has 0 saturated carbocycles. The normalized spacial score (nSPS) is 18.3. The summed E-state index contributed by atoms with van der Waals surface area (Å²) in [7, 11) is 1.82. The second-order valence-corrected chi connectivity index (χ2v) is 10.6. The smallest absolute Gasteiger partial charge is 0.373 e. The SMILES string of the molecule is CCc1c(NC)ncnc1N1CCC(c2nc(-c3ccc(F)c(C(F)(F)F)c3)cn2CCN2CCC(F)(F)C2)CC1. The number of hydrogen-bond acceptors (Lipinski definition) is 6. The first-order chi connectivity index (χ1) is 19.5. The van der Waals surface area contributed by atoms with Crippen LogP contribution < -0.4 is 10.2 Å². The largest absolute Gasteiger partial charge is 0.419 e. The second kappa shape index (κ2) is 11.5. The number of benzene rings is 1. The van der Waals surface area contributed by atoms with Gasteiger partial charge >= 0.3 is 6.18 Å². The average molecular weight is 582 g/mol. The van der Waals surface area contributed by atoms with Crippen LogP contribution in [0.3, 0.4) is 0 Å². The molecule has 1 N–H and O–H groups in total. The van der Waals surface area contributed by atoms with E-state index in [0.29, 0.717) is 37.7 Å². The van der Waals surface area contributed by atoms with Crippen LogP contribution in [0.2, 0.25) is 0 Å². The number of anilines is 2. The minimum Gasteiger partial charge on any atom is -0.373 e. The molecule has 2 aliphatic heterocycles. The summed E-state index contributed by atoms with van der Waals surface area (Å²) in [5.74, 6) is -1.72. The first-order valence-corrected chi connectivity index (χ1v) is 13.8. The summed E-state index contributed by atoms with van der Waals surface area (Å²) in [6.45, 7) is 4.11. The van der Waals surface area contributed by atoms with Gasteiger partial charge in [0.05, 0.1) is 17.8 Å². The highest BCUT2D eigenvalue weighted by atomic mass is 19.4. The summed E-state index contributed by atoms with van der Waals surface area (Å²) < 4.78 is 83.6. The second-order valence-electron chi connectivity index (χ2n) is 10.6. The number of likely N-dealkylation sites (tertiary alicyclic amines) is 1. The molecule has 1 aromatic carbocycles. The van der Waals surface area contributed by atoms with Gasteiger partial charge < -0.3 is 14.8 Å². The molecule has 0 unspecified atom stereocenters. The fraction of sp³-hybridized carbons (Fsp3) is 0.536. The van der Waals surface area contributed by atoms with E-state index in [2.05, 4.69) is 20.2 Å². The summed E-state index contributed by atoms with van der Waals surface area (Å²) in [6, 6.07) is 2.86. The third kappa shape index (κ3) is 6.29. The van der Waals surface area contributed by atoms with Crippen molar-refractivity contribution in [3.8, 4) is 11.3 Å². The number of halogens is 6. The number of imidazole rings is 1. The highest BCUT2D eigenvalue weighted by Gasteiger charge is 2.38. The average Bonchev–Trinajstić information content (AvgIpc) is 3.53. The molecule has 2 fully saturated rings. The Balaban J connectivity index is 1.40. The Morgan fingerprint density at radius 2 is 1.83 bits per heavy atom. The standard InChI is InChI=1S/C28H33F6N7/c1-3-20-24(35-2)36-17-37-26(20)40-9-6-18(7-10-40)25-38-23(19-4-5-22(29)21(14-19)28(32,33)34)15-41(25)13-12-39-11-8-27(30,31)16-39/h4-5,14-15,17-18H,3,6-13,16H2,1-2H3,(H,35,36,37). The maximum absolute atomic E-state index is 14.0. The van der Waals surface area contributed by atoms with Gasteiger partial charge in [-0.15, -0.1) is 0 Å². The molecule has 0 radical (unpaired) electrons. The van der Waals surface area contributed by atoms with E-state index >= 15 is 0 Å². The van der Waals surface area contributed by atoms with Crippen LogP contribution in [0.4, 0.5) is 38.0 Å². The lowest BCUT2D eigenvalue weighted by Crippen LogP contribution is -2.35. The number of nitrogens with zero attached hydrogens (tertiary/aromatic N) is 6. The minimum absolute atomic E-state index is 0.00163. The van der Waals surface area contributed by atoms with Crippen molar-refractivity contribution in [1.82, 2.24) is 24.4 Å². The number of nitrogens with one attached hydrogen (secondary N) is 1. The molecular formula is C28H33F6N7. The number of hydrogen-bond donors (Lipinski definition) is 1. The van der Waals surface area contributed by atoms with Crippen molar-refractivity contribution in [2.75, 3.05) is 50.0 Å². The van der Waals surface area contributed by atoms with E-state index in [9.17, 15) is 26.3 Å². The van der Waals surface area contributed by atoms with E-state index in [1.807, 2.05) is 18.5 Å². The van der Waals surface area contributed by atoms with Gasteiger partial charge in [0, 0.05) is 69.4 Å². The van der Waals surface area contributed by atoms with Crippen molar-refractivity contribution in [2.45, 2.75) is 57.2 Å². The van der Waals surface area contributed by atoms with Gasteiger partial charge in [0.25, 0.3) is 5.92 Å². The van der Waals surface area contributed by atoms with E-state index in [1.54, 1.807) is 11.1 Å². The molecule has 2 aliphatic rings. The van der Waals surface area contributed by atoms with Gasteiger partial charge in [0.15, 0.2) is 0 Å². The van der Waals surface area contributed by atoms with Crippen molar-refractivity contribution < 1.29 is 26.3 Å². The van der Waals surface area contributed by atoms with Crippen molar-refractivity contribution in [3.63, 3.8) is 0 Å². The van der Waals surface area contributed by atoms with Crippen LogP contribution in [0.25, 0.3) is 11.3 Å². The lowest BCUT2D eigenvalue weighted by atomic mass is 9.95. The molecule has 4 heterocycles. The van der Waals surface area contributed by atoms with Crippen LogP contribution in [0.1, 0.15) is 49.1 Å². The van der Waals surface area contributed by atoms with Crippen molar-refractivity contribution in [1.29, 1.82) is 0 Å². The summed E-state index contributed by atoms with van der Waals surface area (Å²) in [5, 5.41) is 3.11. The van der Waals surface area contributed by atoms with Crippen LogP contribution in [-0.4, -0.2) is 70.1 Å². The molecule has 13 heteroatoms. The monoisotopic (exact) mass is 581 g/mol. The Labute approximate surface area is 234 Å². The minimum atomic E-state index is -4.84. The fourth-order valence-corrected chi connectivity index (χ4v) is 5.79. The van der Waals surface area contributed by atoms with Gasteiger partial charge in [-0.2, -0.15) is 13.2 Å². The highest BCUT2D eigenvalue weighted by Crippen LogP contribution is 2.37. The number of alkyl halides is 5. The van der Waals surface area contributed by atoms with Crippen LogP contribution in [-0.2, 0) is 19.1 Å². The Bertz CT molecular complexity index is 1360. The zero-order valence-electron chi connectivity index (χ0n) is 23.0. The lowest BCUT2D eigenvalue weighted by Gasteiger charge is -2.34. The van der Waals surface area contributed by atoms with Gasteiger partial charge in [-0.3, -0.25) is 4.90 Å². The van der Waals surface area contributed by atoms with Crippen molar-refractivity contribution in [2.24, 2.45) is 0 Å². The molecular weight excluding hydrogens is 548 g/mol.